The third-order valence-corrected chi connectivity index (χ3v) is 6.30. The average Bonchev–Trinajstić information content (AvgIpc) is 2.93. The van der Waals surface area contributed by atoms with Crippen LogP contribution in [0, 0.1) is 11.8 Å². The second kappa shape index (κ2) is 11.7. The van der Waals surface area contributed by atoms with Crippen molar-refractivity contribution in [3.05, 3.63) is 54.6 Å². The Bertz CT molecular complexity index is 699. The summed E-state index contributed by atoms with van der Waals surface area (Å²) < 4.78 is 16.8. The molecule has 1 aromatic carbocycles. The van der Waals surface area contributed by atoms with Crippen molar-refractivity contribution in [2.24, 2.45) is 11.8 Å². The summed E-state index contributed by atoms with van der Waals surface area (Å²) in [5, 5.41) is 30.7. The first kappa shape index (κ1) is 23.8. The van der Waals surface area contributed by atoms with Crippen molar-refractivity contribution in [2.75, 3.05) is 19.4 Å². The van der Waals surface area contributed by atoms with Gasteiger partial charge in [-0.2, -0.15) is 0 Å². The van der Waals surface area contributed by atoms with Crippen molar-refractivity contribution >= 4 is 7.37 Å². The largest absolute Gasteiger partial charge is 0.491 e. The predicted octanol–water partition coefficient (Wildman–Crippen LogP) is 2.97. The molecular weight excluding hydrogens is 391 g/mol. The molecule has 6 nitrogen and oxygen atoms in total. The van der Waals surface area contributed by atoms with Crippen molar-refractivity contribution in [1.29, 1.82) is 0 Å². The number of para-hydroxylation sites is 1. The minimum atomic E-state index is -2.96. The van der Waals surface area contributed by atoms with Crippen molar-refractivity contribution < 1.29 is 29.5 Å². The maximum Gasteiger partial charge on any atom is 0.197 e. The van der Waals surface area contributed by atoms with Gasteiger partial charge >= 0.3 is 0 Å². The molecule has 1 fully saturated rings. The molecule has 0 bridgehead atoms. The number of benzene rings is 1. The lowest BCUT2D eigenvalue weighted by Crippen LogP contribution is -2.21. The molecule has 6 unspecified atom stereocenters. The van der Waals surface area contributed by atoms with E-state index in [-0.39, 0.29) is 18.4 Å². The van der Waals surface area contributed by atoms with Gasteiger partial charge in [0.05, 0.1) is 12.2 Å². The van der Waals surface area contributed by atoms with Gasteiger partial charge in [-0.3, -0.25) is 4.57 Å². The number of aliphatic hydroxyl groups excluding tert-OH is 3. The fourth-order valence-corrected chi connectivity index (χ4v) is 4.36. The smallest absolute Gasteiger partial charge is 0.197 e. The molecule has 1 aliphatic carbocycles. The van der Waals surface area contributed by atoms with E-state index in [1.807, 2.05) is 42.5 Å². The number of rotatable bonds is 11. The number of hydrogen-bond donors (Lipinski definition) is 4. The Hall–Kier alpha value is -1.43. The van der Waals surface area contributed by atoms with Crippen LogP contribution in [0.4, 0.5) is 0 Å². The molecule has 7 heteroatoms. The van der Waals surface area contributed by atoms with E-state index in [1.165, 1.54) is 6.66 Å². The summed E-state index contributed by atoms with van der Waals surface area (Å²) in [4.78, 5) is 9.29. The van der Waals surface area contributed by atoms with E-state index in [0.717, 1.165) is 0 Å². The standard InChI is InChI=1S/C22H33O6P/c1-29(26,27)14-8-3-2-7-11-19-20(22(25)15-21(19)24)13-12-17(23)16-28-18-9-5-4-6-10-18/h2,4-7,9-10,12-13,17,19-25H,3,8,11,14-16H2,1H3,(H,26,27)/b7-2-,13-12+. The summed E-state index contributed by atoms with van der Waals surface area (Å²) in [6, 6.07) is 9.23. The topological polar surface area (TPSA) is 107 Å². The normalized spacial score (nSPS) is 28.0. The number of hydrogen-bond acceptors (Lipinski definition) is 5. The molecule has 0 radical (unpaired) electrons. The SMILES string of the molecule is CP(=O)(O)CCC/C=C\CC1C(O)CC(O)C1/C=C/C(O)COc1ccccc1. The van der Waals surface area contributed by atoms with Gasteiger partial charge in [-0.25, -0.2) is 0 Å². The summed E-state index contributed by atoms with van der Waals surface area (Å²) in [6.45, 7) is 1.48. The van der Waals surface area contributed by atoms with Gasteiger partial charge in [-0.1, -0.05) is 42.5 Å². The van der Waals surface area contributed by atoms with Crippen LogP contribution in [-0.4, -0.2) is 58.0 Å². The molecule has 2 rings (SSSR count). The lowest BCUT2D eigenvalue weighted by molar-refractivity contribution is 0.120. The Morgan fingerprint density at radius 2 is 1.93 bits per heavy atom. The van der Waals surface area contributed by atoms with Crippen LogP contribution in [0.15, 0.2) is 54.6 Å². The van der Waals surface area contributed by atoms with Gasteiger partial charge in [0.25, 0.3) is 0 Å². The molecule has 6 atom stereocenters. The Balaban J connectivity index is 1.81. The average molecular weight is 424 g/mol. The fourth-order valence-electron chi connectivity index (χ4n) is 3.59. The van der Waals surface area contributed by atoms with Crippen LogP contribution in [0.2, 0.25) is 0 Å². The summed E-state index contributed by atoms with van der Waals surface area (Å²) >= 11 is 0. The Labute approximate surface area is 173 Å². The number of aliphatic hydroxyl groups is 3. The lowest BCUT2D eigenvalue weighted by Gasteiger charge is -2.19. The van der Waals surface area contributed by atoms with Crippen LogP contribution in [0.1, 0.15) is 25.7 Å². The maximum absolute atomic E-state index is 11.3. The van der Waals surface area contributed by atoms with Gasteiger partial charge in [0.1, 0.15) is 18.5 Å². The Kier molecular flexibility index (Phi) is 9.60. The molecule has 0 heterocycles. The number of unbranched alkanes of at least 4 members (excludes halogenated alkanes) is 1. The van der Waals surface area contributed by atoms with Crippen LogP contribution in [0.25, 0.3) is 0 Å². The van der Waals surface area contributed by atoms with E-state index >= 15 is 0 Å². The Morgan fingerprint density at radius 3 is 2.62 bits per heavy atom. The molecule has 162 valence electrons. The highest BCUT2D eigenvalue weighted by Crippen LogP contribution is 2.37. The van der Waals surface area contributed by atoms with Crippen LogP contribution in [0.3, 0.4) is 0 Å². The summed E-state index contributed by atoms with van der Waals surface area (Å²) in [6.07, 6.45) is 7.82. The lowest BCUT2D eigenvalue weighted by atomic mass is 9.89. The second-order valence-electron chi connectivity index (χ2n) is 7.81. The molecule has 29 heavy (non-hydrogen) atoms. The highest BCUT2D eigenvalue weighted by molar-refractivity contribution is 7.57. The zero-order valence-electron chi connectivity index (χ0n) is 16.9. The monoisotopic (exact) mass is 424 g/mol. The van der Waals surface area contributed by atoms with Gasteiger partial charge in [0.2, 0.25) is 0 Å². The van der Waals surface area contributed by atoms with Gasteiger partial charge in [-0.15, -0.1) is 0 Å². The molecule has 0 spiro atoms. The van der Waals surface area contributed by atoms with Crippen molar-refractivity contribution in [2.45, 2.75) is 44.0 Å². The molecule has 0 aromatic heterocycles. The number of allylic oxidation sites excluding steroid dienone is 2. The summed E-state index contributed by atoms with van der Waals surface area (Å²) in [5.74, 6) is 0.309. The molecule has 0 aliphatic heterocycles. The first-order valence-electron chi connectivity index (χ1n) is 10.1. The minimum absolute atomic E-state index is 0.114. The van der Waals surface area contributed by atoms with Gasteiger partial charge in [0, 0.05) is 25.2 Å². The molecular formula is C22H33O6P. The zero-order valence-corrected chi connectivity index (χ0v) is 17.8. The molecule has 1 aromatic rings. The highest BCUT2D eigenvalue weighted by Gasteiger charge is 2.39. The second-order valence-corrected chi connectivity index (χ2v) is 10.4. The van der Waals surface area contributed by atoms with E-state index < -0.39 is 25.7 Å². The third-order valence-electron chi connectivity index (χ3n) is 5.15. The van der Waals surface area contributed by atoms with Gasteiger partial charge in [0.15, 0.2) is 7.37 Å². The van der Waals surface area contributed by atoms with E-state index in [9.17, 15) is 24.8 Å². The van der Waals surface area contributed by atoms with Crippen LogP contribution in [-0.2, 0) is 4.57 Å². The van der Waals surface area contributed by atoms with Crippen LogP contribution >= 0.6 is 7.37 Å². The molecule has 1 saturated carbocycles. The van der Waals surface area contributed by atoms with Gasteiger partial charge in [-0.05, 0) is 37.3 Å². The molecule has 0 saturated heterocycles. The van der Waals surface area contributed by atoms with E-state index in [2.05, 4.69) is 0 Å². The van der Waals surface area contributed by atoms with Crippen LogP contribution < -0.4 is 4.74 Å². The number of ether oxygens (including phenoxy) is 1. The zero-order chi connectivity index (χ0) is 21.3. The molecule has 0 amide bonds. The quantitative estimate of drug-likeness (QED) is 0.247. The third kappa shape index (κ3) is 8.85. The first-order valence-corrected chi connectivity index (χ1v) is 12.4. The maximum atomic E-state index is 11.3. The first-order chi connectivity index (χ1) is 13.8. The van der Waals surface area contributed by atoms with E-state index in [0.29, 0.717) is 37.6 Å². The van der Waals surface area contributed by atoms with Crippen molar-refractivity contribution in [3.8, 4) is 5.75 Å². The Morgan fingerprint density at radius 1 is 1.21 bits per heavy atom. The van der Waals surface area contributed by atoms with E-state index in [1.54, 1.807) is 12.2 Å². The van der Waals surface area contributed by atoms with Crippen LogP contribution in [0.5, 0.6) is 5.75 Å². The summed E-state index contributed by atoms with van der Waals surface area (Å²) in [7, 11) is -2.96. The van der Waals surface area contributed by atoms with Crippen molar-refractivity contribution in [3.63, 3.8) is 0 Å². The highest BCUT2D eigenvalue weighted by atomic mass is 31.2. The van der Waals surface area contributed by atoms with Gasteiger partial charge < -0.3 is 24.9 Å². The fraction of sp³-hybridized carbons (Fsp3) is 0.545. The minimum Gasteiger partial charge on any atom is -0.491 e. The van der Waals surface area contributed by atoms with Crippen molar-refractivity contribution in [1.82, 2.24) is 0 Å². The summed E-state index contributed by atoms with van der Waals surface area (Å²) in [5.41, 5.74) is 0. The predicted molar refractivity (Wildman–Crippen MR) is 114 cm³/mol. The molecule has 1 aliphatic rings. The van der Waals surface area contributed by atoms with E-state index in [4.69, 9.17) is 4.74 Å². The molecule has 4 N–H and O–H groups in total.